The number of sulfonamides is 1. The number of ether oxygens (including phenoxy) is 1. The minimum absolute atomic E-state index is 0.237. The van der Waals surface area contributed by atoms with E-state index < -0.39 is 15.6 Å². The summed E-state index contributed by atoms with van der Waals surface area (Å²) in [5.74, 6) is 0.632. The van der Waals surface area contributed by atoms with Crippen LogP contribution in [0.4, 0.5) is 4.79 Å². The molecule has 2 rings (SSSR count). The van der Waals surface area contributed by atoms with Crippen molar-refractivity contribution in [2.75, 3.05) is 45.0 Å². The normalized spacial score (nSPS) is 20.3. The monoisotopic (exact) mass is 417 g/mol. The molecule has 1 heterocycles. The molecule has 164 valence electrons. The summed E-state index contributed by atoms with van der Waals surface area (Å²) < 4.78 is 32.6. The highest BCUT2D eigenvalue weighted by molar-refractivity contribution is 7.89. The molecule has 2 aliphatic rings. The van der Waals surface area contributed by atoms with Gasteiger partial charge < -0.3 is 9.64 Å². The maximum Gasteiger partial charge on any atom is 0.410 e. The third-order valence-electron chi connectivity index (χ3n) is 5.43. The molecule has 1 aliphatic heterocycles. The van der Waals surface area contributed by atoms with Crippen LogP contribution in [0.5, 0.6) is 0 Å². The maximum absolute atomic E-state index is 12.2. The number of rotatable bonds is 8. The van der Waals surface area contributed by atoms with Crippen LogP contribution in [0.3, 0.4) is 0 Å². The Bertz CT molecular complexity index is 575. The molecule has 1 N–H and O–H groups in total. The van der Waals surface area contributed by atoms with Crippen LogP contribution in [0.15, 0.2) is 0 Å². The van der Waals surface area contributed by atoms with E-state index in [-0.39, 0.29) is 6.09 Å². The number of carbonyl (C=O) groups is 1. The average Bonchev–Trinajstić information content (AvgIpc) is 2.61. The molecular weight excluding hydrogens is 378 g/mol. The van der Waals surface area contributed by atoms with Crippen LogP contribution >= 0.6 is 0 Å². The van der Waals surface area contributed by atoms with Gasteiger partial charge in [0.2, 0.25) is 10.0 Å². The number of piperazine rings is 1. The molecule has 0 atom stereocenters. The molecule has 1 aliphatic carbocycles. The van der Waals surface area contributed by atoms with Gasteiger partial charge in [-0.1, -0.05) is 19.3 Å². The number of hydrogen-bond acceptors (Lipinski definition) is 5. The molecule has 0 spiro atoms. The molecule has 28 heavy (non-hydrogen) atoms. The van der Waals surface area contributed by atoms with Gasteiger partial charge in [-0.05, 0) is 58.9 Å². The summed E-state index contributed by atoms with van der Waals surface area (Å²) in [7, 11) is -3.14. The average molecular weight is 418 g/mol. The molecule has 8 heteroatoms. The zero-order chi connectivity index (χ0) is 20.6. The van der Waals surface area contributed by atoms with Crippen LogP contribution in [0.1, 0.15) is 65.7 Å². The molecule has 1 saturated carbocycles. The van der Waals surface area contributed by atoms with Crippen molar-refractivity contribution >= 4 is 16.1 Å². The van der Waals surface area contributed by atoms with Gasteiger partial charge >= 0.3 is 6.09 Å². The largest absolute Gasteiger partial charge is 0.444 e. The van der Waals surface area contributed by atoms with Crippen molar-refractivity contribution in [3.63, 3.8) is 0 Å². The van der Waals surface area contributed by atoms with Crippen molar-refractivity contribution in [2.45, 2.75) is 71.3 Å². The summed E-state index contributed by atoms with van der Waals surface area (Å²) in [5.41, 5.74) is -0.460. The summed E-state index contributed by atoms with van der Waals surface area (Å²) in [6.07, 6.45) is 7.25. The lowest BCUT2D eigenvalue weighted by Crippen LogP contribution is -2.50. The first-order chi connectivity index (χ1) is 13.1. The summed E-state index contributed by atoms with van der Waals surface area (Å²) in [6.45, 7) is 10.1. The Balaban J connectivity index is 1.55. The smallest absolute Gasteiger partial charge is 0.410 e. The fraction of sp³-hybridized carbons (Fsp3) is 0.950. The van der Waals surface area contributed by atoms with Gasteiger partial charge in [0.15, 0.2) is 0 Å². The Kier molecular flexibility index (Phi) is 9.02. The molecule has 7 nitrogen and oxygen atoms in total. The summed E-state index contributed by atoms with van der Waals surface area (Å²) in [6, 6.07) is 0. The molecule has 1 amide bonds. The fourth-order valence-electron chi connectivity index (χ4n) is 3.89. The highest BCUT2D eigenvalue weighted by atomic mass is 32.2. The zero-order valence-corrected chi connectivity index (χ0v) is 18.7. The second kappa shape index (κ2) is 10.8. The number of unbranched alkanes of at least 4 members (excludes halogenated alkanes) is 1. The summed E-state index contributed by atoms with van der Waals surface area (Å²) >= 11 is 0. The van der Waals surface area contributed by atoms with E-state index in [1.54, 1.807) is 4.90 Å². The van der Waals surface area contributed by atoms with Gasteiger partial charge in [0, 0.05) is 32.7 Å². The second-order valence-corrected chi connectivity index (χ2v) is 11.0. The van der Waals surface area contributed by atoms with Crippen LogP contribution in [0.2, 0.25) is 0 Å². The lowest BCUT2D eigenvalue weighted by atomic mass is 9.91. The first kappa shape index (κ1) is 23.4. The van der Waals surface area contributed by atoms with Gasteiger partial charge in [-0.15, -0.1) is 0 Å². The molecule has 0 aromatic carbocycles. The molecule has 0 bridgehead atoms. The van der Waals surface area contributed by atoms with Gasteiger partial charge in [0.25, 0.3) is 0 Å². The Morgan fingerprint density at radius 1 is 1.04 bits per heavy atom. The molecule has 0 radical (unpaired) electrons. The van der Waals surface area contributed by atoms with Gasteiger partial charge in [-0.3, -0.25) is 4.90 Å². The van der Waals surface area contributed by atoms with E-state index in [1.807, 2.05) is 20.8 Å². The van der Waals surface area contributed by atoms with E-state index in [4.69, 9.17) is 4.74 Å². The van der Waals surface area contributed by atoms with Crippen LogP contribution in [-0.4, -0.2) is 74.9 Å². The number of carbonyl (C=O) groups excluding carboxylic acids is 1. The predicted molar refractivity (Wildman–Crippen MR) is 112 cm³/mol. The lowest BCUT2D eigenvalue weighted by molar-refractivity contribution is 0.0144. The minimum Gasteiger partial charge on any atom is -0.444 e. The van der Waals surface area contributed by atoms with Crippen molar-refractivity contribution in [3.05, 3.63) is 0 Å². The van der Waals surface area contributed by atoms with Crippen molar-refractivity contribution in [3.8, 4) is 0 Å². The third-order valence-corrected chi connectivity index (χ3v) is 6.98. The lowest BCUT2D eigenvalue weighted by Gasteiger charge is -2.35. The van der Waals surface area contributed by atoms with Crippen molar-refractivity contribution in [1.82, 2.24) is 14.5 Å². The maximum atomic E-state index is 12.2. The molecule has 2 fully saturated rings. The van der Waals surface area contributed by atoms with E-state index in [1.165, 1.54) is 19.3 Å². The van der Waals surface area contributed by atoms with E-state index in [0.717, 1.165) is 45.3 Å². The molecular formula is C20H39N3O4S. The first-order valence-corrected chi connectivity index (χ1v) is 12.5. The van der Waals surface area contributed by atoms with Crippen molar-refractivity contribution in [1.29, 1.82) is 0 Å². The summed E-state index contributed by atoms with van der Waals surface area (Å²) in [5, 5.41) is 0. The Morgan fingerprint density at radius 3 is 2.29 bits per heavy atom. The van der Waals surface area contributed by atoms with E-state index >= 15 is 0 Å². The summed E-state index contributed by atoms with van der Waals surface area (Å²) in [4.78, 5) is 16.2. The van der Waals surface area contributed by atoms with Crippen LogP contribution in [-0.2, 0) is 14.8 Å². The second-order valence-electron chi connectivity index (χ2n) is 9.20. The van der Waals surface area contributed by atoms with E-state index in [0.29, 0.717) is 31.3 Å². The fourth-order valence-corrected chi connectivity index (χ4v) is 5.42. The van der Waals surface area contributed by atoms with Gasteiger partial charge in [-0.25, -0.2) is 17.9 Å². The van der Waals surface area contributed by atoms with Crippen LogP contribution in [0, 0.1) is 5.92 Å². The number of nitrogens with one attached hydrogen (secondary N) is 1. The van der Waals surface area contributed by atoms with Crippen molar-refractivity contribution in [2.24, 2.45) is 5.92 Å². The first-order valence-electron chi connectivity index (χ1n) is 10.8. The molecule has 0 unspecified atom stereocenters. The van der Waals surface area contributed by atoms with E-state index in [2.05, 4.69) is 9.62 Å². The number of amides is 1. The Morgan fingerprint density at radius 2 is 1.68 bits per heavy atom. The van der Waals surface area contributed by atoms with Gasteiger partial charge in [-0.2, -0.15) is 0 Å². The van der Waals surface area contributed by atoms with Gasteiger partial charge in [0.1, 0.15) is 5.60 Å². The highest BCUT2D eigenvalue weighted by Gasteiger charge is 2.25. The Hall–Kier alpha value is -0.860. The molecule has 1 saturated heterocycles. The quantitative estimate of drug-likeness (QED) is 0.615. The van der Waals surface area contributed by atoms with Crippen LogP contribution < -0.4 is 4.72 Å². The SMILES string of the molecule is CC(C)(C)OC(=O)N1CCN(CCCCNS(=O)(=O)CC2CCCCC2)CC1. The molecule has 0 aromatic heterocycles. The van der Waals surface area contributed by atoms with E-state index in [9.17, 15) is 13.2 Å². The topological polar surface area (TPSA) is 79.0 Å². The Labute approximate surface area is 171 Å². The van der Waals surface area contributed by atoms with Gasteiger partial charge in [0.05, 0.1) is 5.75 Å². The number of hydrogen-bond donors (Lipinski definition) is 1. The molecule has 0 aromatic rings. The minimum atomic E-state index is -3.14. The predicted octanol–water partition coefficient (Wildman–Crippen LogP) is 2.82. The van der Waals surface area contributed by atoms with Crippen molar-refractivity contribution < 1.29 is 17.9 Å². The number of nitrogens with zero attached hydrogens (tertiary/aromatic N) is 2. The highest BCUT2D eigenvalue weighted by Crippen LogP contribution is 2.24. The zero-order valence-electron chi connectivity index (χ0n) is 17.9. The standard InChI is InChI=1S/C20H39N3O4S/c1-20(2,3)27-19(24)23-15-13-22(14-16-23)12-8-7-11-21-28(25,26)17-18-9-5-4-6-10-18/h18,21H,4-17H2,1-3H3. The van der Waals surface area contributed by atoms with Crippen LogP contribution in [0.25, 0.3) is 0 Å². The third kappa shape index (κ3) is 9.09.